The second-order valence-corrected chi connectivity index (χ2v) is 3.85. The van der Waals surface area contributed by atoms with Gasteiger partial charge in [-0.2, -0.15) is 0 Å². The van der Waals surface area contributed by atoms with Crippen LogP contribution in [-0.4, -0.2) is 11.5 Å². The first-order chi connectivity index (χ1) is 2.91. The summed E-state index contributed by atoms with van der Waals surface area (Å²) >= 11 is 0. The molecular weight excluding hydrogens is 176 g/mol. The maximum Gasteiger partial charge on any atom is 0.000844 e. The Morgan fingerprint density at radius 1 is 1.00 bits per heavy atom. The van der Waals surface area contributed by atoms with Crippen LogP contribution in [0.4, 0.5) is 0 Å². The molecule has 0 atom stereocenters. The van der Waals surface area contributed by atoms with Crippen molar-refractivity contribution in [2.75, 3.05) is 11.5 Å². The normalized spacial score (nSPS) is 7.71. The van der Waals surface area contributed by atoms with Crippen LogP contribution in [0.25, 0.3) is 0 Å². The van der Waals surface area contributed by atoms with Gasteiger partial charge >= 0.3 is 0 Å². The van der Waals surface area contributed by atoms with E-state index in [0.29, 0.717) is 0 Å². The van der Waals surface area contributed by atoms with Crippen molar-refractivity contribution in [3.05, 3.63) is 0 Å². The van der Waals surface area contributed by atoms with Gasteiger partial charge in [0, 0.05) is 28.6 Å². The Balaban J connectivity index is 0. The third-order valence-electron chi connectivity index (χ3n) is 0.319. The summed E-state index contributed by atoms with van der Waals surface area (Å²) in [5, 5.41) is 0. The van der Waals surface area contributed by atoms with E-state index < -0.39 is 0 Å². The zero-order valence-electron chi connectivity index (χ0n) is 4.53. The average molecular weight is 186 g/mol. The Morgan fingerprint density at radius 3 is 1.43 bits per heavy atom. The second-order valence-electron chi connectivity index (χ2n) is 0.813. The Morgan fingerprint density at radius 2 is 1.29 bits per heavy atom. The van der Waals surface area contributed by atoms with Gasteiger partial charge < -0.3 is 0 Å². The monoisotopic (exact) mass is 185 g/mol. The topological polar surface area (TPSA) is 0 Å². The smallest absolute Gasteiger partial charge is 0.000844 e. The summed E-state index contributed by atoms with van der Waals surface area (Å²) in [5.74, 6) is 2.47. The van der Waals surface area contributed by atoms with Crippen molar-refractivity contribution in [2.24, 2.45) is 0 Å². The maximum absolute atomic E-state index is 2.17. The van der Waals surface area contributed by atoms with Crippen molar-refractivity contribution in [3.8, 4) is 0 Å². The van der Waals surface area contributed by atoms with E-state index in [0.717, 1.165) is 0 Å². The van der Waals surface area contributed by atoms with Crippen molar-refractivity contribution < 1.29 is 17.1 Å². The molecule has 0 amide bonds. The molecular formula is C4H10CuS2. The zero-order chi connectivity index (χ0) is 4.83. The fourth-order valence-corrected chi connectivity index (χ4v) is 1.50. The molecule has 0 bridgehead atoms. The number of hydrogen-bond donors (Lipinski definition) is 0. The standard InChI is InChI=1S/C4H10S2.Cu/c1-3-5-6-4-2;/h3-4H2,1-2H3;. The van der Waals surface area contributed by atoms with Crippen LogP contribution in [0, 0.1) is 0 Å². The van der Waals surface area contributed by atoms with E-state index >= 15 is 0 Å². The summed E-state index contributed by atoms with van der Waals surface area (Å²) in [6.45, 7) is 4.35. The fraction of sp³-hybridized carbons (Fsp3) is 1.00. The van der Waals surface area contributed by atoms with Crippen LogP contribution in [0.15, 0.2) is 0 Å². The molecule has 0 saturated heterocycles. The molecule has 0 aromatic heterocycles. The fourth-order valence-electron chi connectivity index (χ4n) is 0.167. The van der Waals surface area contributed by atoms with E-state index in [1.54, 1.807) is 0 Å². The van der Waals surface area contributed by atoms with E-state index in [4.69, 9.17) is 0 Å². The third-order valence-corrected chi connectivity index (χ3v) is 2.87. The minimum atomic E-state index is 0. The molecule has 0 aromatic rings. The molecule has 7 heavy (non-hydrogen) atoms. The molecule has 0 aliphatic rings. The Kier molecular flexibility index (Phi) is 16.2. The van der Waals surface area contributed by atoms with Gasteiger partial charge in [-0.15, -0.1) is 0 Å². The van der Waals surface area contributed by atoms with E-state index in [1.807, 2.05) is 21.6 Å². The van der Waals surface area contributed by atoms with Crippen LogP contribution in [-0.2, 0) is 17.1 Å². The molecule has 0 saturated carbocycles. The average Bonchev–Trinajstić information content (AvgIpc) is 1.61. The quantitative estimate of drug-likeness (QED) is 0.377. The molecule has 0 N–H and O–H groups in total. The van der Waals surface area contributed by atoms with E-state index in [2.05, 4.69) is 13.8 Å². The molecule has 0 heterocycles. The number of rotatable bonds is 3. The molecule has 0 aromatic carbocycles. The van der Waals surface area contributed by atoms with Gasteiger partial charge in [-0.05, 0) is 0 Å². The Bertz CT molecular complexity index is 21.7. The van der Waals surface area contributed by atoms with Crippen LogP contribution in [0.5, 0.6) is 0 Å². The minimum absolute atomic E-state index is 0. The summed E-state index contributed by atoms with van der Waals surface area (Å²) in [6, 6.07) is 0. The molecule has 1 radical (unpaired) electrons. The molecule has 49 valence electrons. The first-order valence-electron chi connectivity index (χ1n) is 2.16. The summed E-state index contributed by atoms with van der Waals surface area (Å²) < 4.78 is 0. The van der Waals surface area contributed by atoms with Gasteiger partial charge in [0.1, 0.15) is 0 Å². The molecule has 3 heteroatoms. The van der Waals surface area contributed by atoms with Gasteiger partial charge in [0.25, 0.3) is 0 Å². The molecule has 0 nitrogen and oxygen atoms in total. The van der Waals surface area contributed by atoms with Gasteiger partial charge in [0.05, 0.1) is 0 Å². The van der Waals surface area contributed by atoms with E-state index in [-0.39, 0.29) is 17.1 Å². The Labute approximate surface area is 64.1 Å². The summed E-state index contributed by atoms with van der Waals surface area (Å²) in [7, 11) is 3.85. The van der Waals surface area contributed by atoms with Crippen molar-refractivity contribution in [2.45, 2.75) is 13.8 Å². The van der Waals surface area contributed by atoms with Crippen LogP contribution in [0.3, 0.4) is 0 Å². The summed E-state index contributed by atoms with van der Waals surface area (Å²) in [4.78, 5) is 0. The molecule has 0 fully saturated rings. The first-order valence-corrected chi connectivity index (χ1v) is 4.65. The molecule has 0 rings (SSSR count). The van der Waals surface area contributed by atoms with Gasteiger partial charge in [-0.3, -0.25) is 0 Å². The largest absolute Gasteiger partial charge is 0.0945 e. The van der Waals surface area contributed by atoms with Crippen LogP contribution < -0.4 is 0 Å². The zero-order valence-corrected chi connectivity index (χ0v) is 7.11. The molecule has 0 aliphatic carbocycles. The first kappa shape index (κ1) is 11.1. The van der Waals surface area contributed by atoms with E-state index in [9.17, 15) is 0 Å². The van der Waals surface area contributed by atoms with Crippen LogP contribution >= 0.6 is 21.6 Å². The van der Waals surface area contributed by atoms with Crippen molar-refractivity contribution >= 4 is 21.6 Å². The summed E-state index contributed by atoms with van der Waals surface area (Å²) in [5.41, 5.74) is 0. The summed E-state index contributed by atoms with van der Waals surface area (Å²) in [6.07, 6.45) is 0. The molecule has 0 aliphatic heterocycles. The number of hydrogen-bond acceptors (Lipinski definition) is 2. The van der Waals surface area contributed by atoms with Gasteiger partial charge in [-0.1, -0.05) is 35.4 Å². The maximum atomic E-state index is 2.17. The van der Waals surface area contributed by atoms with Gasteiger partial charge in [0.15, 0.2) is 0 Å². The van der Waals surface area contributed by atoms with Crippen LogP contribution in [0.1, 0.15) is 13.8 Å². The predicted molar refractivity (Wildman–Crippen MR) is 36.3 cm³/mol. The predicted octanol–water partition coefficient (Wildman–Crippen LogP) is 2.41. The molecule has 0 unspecified atom stereocenters. The van der Waals surface area contributed by atoms with Crippen molar-refractivity contribution in [3.63, 3.8) is 0 Å². The van der Waals surface area contributed by atoms with E-state index in [1.165, 1.54) is 11.5 Å². The minimum Gasteiger partial charge on any atom is -0.0945 e. The van der Waals surface area contributed by atoms with Gasteiger partial charge in [-0.25, -0.2) is 0 Å². The van der Waals surface area contributed by atoms with Crippen molar-refractivity contribution in [1.82, 2.24) is 0 Å². The van der Waals surface area contributed by atoms with Crippen LogP contribution in [0.2, 0.25) is 0 Å². The molecule has 0 spiro atoms. The SMILES string of the molecule is CCSSCC.[Cu]. The third kappa shape index (κ3) is 11.0. The van der Waals surface area contributed by atoms with Crippen molar-refractivity contribution in [1.29, 1.82) is 0 Å². The second kappa shape index (κ2) is 10.3. The van der Waals surface area contributed by atoms with Gasteiger partial charge in [0.2, 0.25) is 0 Å². The Hall–Kier alpha value is 1.22.